The van der Waals surface area contributed by atoms with Gasteiger partial charge in [0.25, 0.3) is 0 Å². The molecule has 1 amide bonds. The van der Waals surface area contributed by atoms with Crippen molar-refractivity contribution in [2.75, 3.05) is 23.3 Å². The molecular weight excluding hydrogens is 374 g/mol. The van der Waals surface area contributed by atoms with Crippen molar-refractivity contribution < 1.29 is 4.79 Å². The summed E-state index contributed by atoms with van der Waals surface area (Å²) in [7, 11) is 0. The van der Waals surface area contributed by atoms with Gasteiger partial charge in [-0.3, -0.25) is 9.78 Å². The van der Waals surface area contributed by atoms with Gasteiger partial charge in [-0.15, -0.1) is 10.2 Å². The number of hydrogen-bond donors (Lipinski definition) is 1. The number of rotatable bonds is 4. The molecule has 0 saturated carbocycles. The first kappa shape index (κ1) is 18.4. The Morgan fingerprint density at radius 3 is 2.75 bits per heavy atom. The number of pyridine rings is 1. The highest BCUT2D eigenvalue weighted by atomic mass is 35.5. The SMILES string of the molecule is O=C(Nc1ccccc1Cl)C1CCCN(c2ccc(-c3cccnc3)nn2)C1. The predicted octanol–water partition coefficient (Wildman–Crippen LogP) is 4.05. The Hall–Kier alpha value is -2.99. The number of aromatic nitrogens is 3. The average Bonchev–Trinajstić information content (AvgIpc) is 2.76. The number of halogens is 1. The van der Waals surface area contributed by atoms with Gasteiger partial charge in [0.05, 0.1) is 22.3 Å². The van der Waals surface area contributed by atoms with Gasteiger partial charge in [0.15, 0.2) is 5.82 Å². The van der Waals surface area contributed by atoms with Crippen LogP contribution in [-0.2, 0) is 4.79 Å². The fourth-order valence-corrected chi connectivity index (χ4v) is 3.54. The number of nitrogens with one attached hydrogen (secondary N) is 1. The molecule has 0 aliphatic carbocycles. The van der Waals surface area contributed by atoms with E-state index in [1.165, 1.54) is 0 Å². The van der Waals surface area contributed by atoms with Crippen molar-refractivity contribution in [2.24, 2.45) is 5.92 Å². The summed E-state index contributed by atoms with van der Waals surface area (Å²) in [5, 5.41) is 12.2. The molecule has 1 saturated heterocycles. The van der Waals surface area contributed by atoms with Crippen LogP contribution in [0.15, 0.2) is 60.9 Å². The highest BCUT2D eigenvalue weighted by Gasteiger charge is 2.27. The topological polar surface area (TPSA) is 71.0 Å². The fraction of sp³-hybridized carbons (Fsp3) is 0.238. The maximum atomic E-state index is 12.7. The second-order valence-electron chi connectivity index (χ2n) is 6.77. The fourth-order valence-electron chi connectivity index (χ4n) is 3.36. The van der Waals surface area contributed by atoms with Crippen molar-refractivity contribution in [2.45, 2.75) is 12.8 Å². The van der Waals surface area contributed by atoms with Crippen molar-refractivity contribution in [3.63, 3.8) is 0 Å². The largest absolute Gasteiger partial charge is 0.354 e. The number of nitrogens with zero attached hydrogens (tertiary/aromatic N) is 4. The number of carbonyl (C=O) groups excluding carboxylic acids is 1. The van der Waals surface area contributed by atoms with Crippen molar-refractivity contribution >= 4 is 29.0 Å². The molecule has 1 aromatic carbocycles. The van der Waals surface area contributed by atoms with Gasteiger partial charge in [-0.25, -0.2) is 0 Å². The standard InChI is InChI=1S/C21H20ClN5O/c22-17-7-1-2-8-19(17)24-21(28)16-6-4-12-27(14-16)20-10-9-18(25-26-20)15-5-3-11-23-13-15/h1-3,5,7-11,13,16H,4,6,12,14H2,(H,24,28). The Bertz CT molecular complexity index is 949. The maximum absolute atomic E-state index is 12.7. The summed E-state index contributed by atoms with van der Waals surface area (Å²) in [5.41, 5.74) is 2.35. The second-order valence-corrected chi connectivity index (χ2v) is 7.18. The number of benzene rings is 1. The normalized spacial score (nSPS) is 16.6. The Kier molecular flexibility index (Phi) is 5.48. The molecule has 2 aromatic heterocycles. The van der Waals surface area contributed by atoms with Gasteiger partial charge in [0.1, 0.15) is 0 Å². The molecule has 0 spiro atoms. The summed E-state index contributed by atoms with van der Waals surface area (Å²) in [6.07, 6.45) is 5.26. The Morgan fingerprint density at radius 1 is 1.11 bits per heavy atom. The van der Waals surface area contributed by atoms with Crippen LogP contribution in [-0.4, -0.2) is 34.2 Å². The van der Waals surface area contributed by atoms with E-state index in [1.54, 1.807) is 18.5 Å². The van der Waals surface area contributed by atoms with Crippen LogP contribution in [0.3, 0.4) is 0 Å². The second kappa shape index (κ2) is 8.35. The molecule has 7 heteroatoms. The molecule has 3 aromatic rings. The first-order chi connectivity index (χ1) is 13.7. The zero-order valence-electron chi connectivity index (χ0n) is 15.3. The van der Waals surface area contributed by atoms with E-state index in [0.29, 0.717) is 17.3 Å². The minimum absolute atomic E-state index is 0.0160. The van der Waals surface area contributed by atoms with Gasteiger partial charge in [0, 0.05) is 31.0 Å². The molecular formula is C21H20ClN5O. The van der Waals surface area contributed by atoms with Crippen LogP contribution < -0.4 is 10.2 Å². The van der Waals surface area contributed by atoms with Crippen LogP contribution in [0.25, 0.3) is 11.3 Å². The lowest BCUT2D eigenvalue weighted by Gasteiger charge is -2.32. The highest BCUT2D eigenvalue weighted by molar-refractivity contribution is 6.33. The van der Waals surface area contributed by atoms with Gasteiger partial charge in [0.2, 0.25) is 5.91 Å². The molecule has 1 aliphatic heterocycles. The van der Waals surface area contributed by atoms with E-state index in [1.807, 2.05) is 42.5 Å². The molecule has 1 atom stereocenters. The quantitative estimate of drug-likeness (QED) is 0.724. The Morgan fingerprint density at radius 2 is 2.00 bits per heavy atom. The molecule has 28 heavy (non-hydrogen) atoms. The smallest absolute Gasteiger partial charge is 0.229 e. The van der Waals surface area contributed by atoms with Crippen molar-refractivity contribution in [3.05, 3.63) is 65.9 Å². The van der Waals surface area contributed by atoms with Crippen LogP contribution in [0.4, 0.5) is 11.5 Å². The number of piperidine rings is 1. The molecule has 3 heterocycles. The summed E-state index contributed by atoms with van der Waals surface area (Å²) >= 11 is 6.15. The van der Waals surface area contributed by atoms with Crippen LogP contribution in [0, 0.1) is 5.92 Å². The monoisotopic (exact) mass is 393 g/mol. The van der Waals surface area contributed by atoms with Crippen LogP contribution in [0.1, 0.15) is 12.8 Å². The first-order valence-electron chi connectivity index (χ1n) is 9.25. The van der Waals surface area contributed by atoms with Crippen molar-refractivity contribution in [3.8, 4) is 11.3 Å². The third-order valence-corrected chi connectivity index (χ3v) is 5.19. The van der Waals surface area contributed by atoms with E-state index >= 15 is 0 Å². The average molecular weight is 394 g/mol. The van der Waals surface area contributed by atoms with E-state index in [0.717, 1.165) is 36.5 Å². The van der Waals surface area contributed by atoms with Crippen LogP contribution >= 0.6 is 11.6 Å². The van der Waals surface area contributed by atoms with Crippen LogP contribution in [0.5, 0.6) is 0 Å². The zero-order valence-corrected chi connectivity index (χ0v) is 16.0. The van der Waals surface area contributed by atoms with E-state index in [2.05, 4.69) is 25.4 Å². The summed E-state index contributed by atoms with van der Waals surface area (Å²) in [5.74, 6) is 0.644. The predicted molar refractivity (Wildman–Crippen MR) is 110 cm³/mol. The Labute approximate surface area is 168 Å². The number of hydrogen-bond acceptors (Lipinski definition) is 5. The van der Waals surface area contributed by atoms with Crippen molar-refractivity contribution in [1.29, 1.82) is 0 Å². The molecule has 4 rings (SSSR count). The van der Waals surface area contributed by atoms with E-state index < -0.39 is 0 Å². The number of para-hydroxylation sites is 1. The summed E-state index contributed by atoms with van der Waals surface area (Å²) in [6, 6.07) is 15.0. The number of amides is 1. The Balaban J connectivity index is 1.43. The van der Waals surface area contributed by atoms with E-state index in [-0.39, 0.29) is 11.8 Å². The van der Waals surface area contributed by atoms with Crippen LogP contribution in [0.2, 0.25) is 5.02 Å². The van der Waals surface area contributed by atoms with Gasteiger partial charge < -0.3 is 10.2 Å². The molecule has 6 nitrogen and oxygen atoms in total. The molecule has 0 radical (unpaired) electrons. The molecule has 1 fully saturated rings. The molecule has 1 N–H and O–H groups in total. The van der Waals surface area contributed by atoms with Crippen molar-refractivity contribution in [1.82, 2.24) is 15.2 Å². The summed E-state index contributed by atoms with van der Waals surface area (Å²) < 4.78 is 0. The van der Waals surface area contributed by atoms with E-state index in [4.69, 9.17) is 11.6 Å². The number of anilines is 2. The minimum Gasteiger partial charge on any atom is -0.354 e. The third kappa shape index (κ3) is 4.12. The van der Waals surface area contributed by atoms with E-state index in [9.17, 15) is 4.79 Å². The lowest BCUT2D eigenvalue weighted by atomic mass is 9.97. The zero-order chi connectivity index (χ0) is 19.3. The van der Waals surface area contributed by atoms with Gasteiger partial charge >= 0.3 is 0 Å². The first-order valence-corrected chi connectivity index (χ1v) is 9.63. The molecule has 142 valence electrons. The molecule has 0 bridgehead atoms. The lowest BCUT2D eigenvalue weighted by Crippen LogP contribution is -2.41. The minimum atomic E-state index is -0.121. The summed E-state index contributed by atoms with van der Waals surface area (Å²) in [4.78, 5) is 18.9. The maximum Gasteiger partial charge on any atom is 0.229 e. The molecule has 1 unspecified atom stereocenters. The molecule has 1 aliphatic rings. The summed E-state index contributed by atoms with van der Waals surface area (Å²) in [6.45, 7) is 1.47. The third-order valence-electron chi connectivity index (χ3n) is 4.86. The van der Waals surface area contributed by atoms with Gasteiger partial charge in [-0.2, -0.15) is 0 Å². The number of carbonyl (C=O) groups is 1. The van der Waals surface area contributed by atoms with Gasteiger partial charge in [-0.1, -0.05) is 23.7 Å². The van der Waals surface area contributed by atoms with Gasteiger partial charge in [-0.05, 0) is 49.2 Å². The highest BCUT2D eigenvalue weighted by Crippen LogP contribution is 2.26. The lowest BCUT2D eigenvalue weighted by molar-refractivity contribution is -0.120.